The molecule has 3 amide bonds. The lowest BCUT2D eigenvalue weighted by Crippen LogP contribution is -2.32. The Morgan fingerprint density at radius 2 is 1.65 bits per heavy atom. The number of carbonyl (C=O) groups excluding carboxylic acids is 3. The van der Waals surface area contributed by atoms with Crippen molar-refractivity contribution in [2.24, 2.45) is 0 Å². The van der Waals surface area contributed by atoms with Crippen LogP contribution in [0.3, 0.4) is 0 Å². The smallest absolute Gasteiger partial charge is 0.283 e. The summed E-state index contributed by atoms with van der Waals surface area (Å²) in [6, 6.07) is 20.6. The third-order valence-electron chi connectivity index (χ3n) is 5.39. The zero-order valence-corrected chi connectivity index (χ0v) is 21.8. The topological polar surface area (TPSA) is 91.4 Å². The van der Waals surface area contributed by atoms with Crippen LogP contribution in [0.2, 0.25) is 10.0 Å². The Bertz CT molecular complexity index is 1590. The number of rotatable bonds is 6. The van der Waals surface area contributed by atoms with Gasteiger partial charge in [0.05, 0.1) is 21.4 Å². The lowest BCUT2D eigenvalue weighted by Gasteiger charge is -2.17. The van der Waals surface area contributed by atoms with Gasteiger partial charge in [-0.3, -0.25) is 19.7 Å². The second kappa shape index (κ2) is 10.4. The quantitative estimate of drug-likeness (QED) is 0.249. The van der Waals surface area contributed by atoms with Crippen LogP contribution < -0.4 is 15.5 Å². The van der Waals surface area contributed by atoms with Gasteiger partial charge in [-0.25, -0.2) is 9.88 Å². The Balaban J connectivity index is 1.33. The SMILES string of the molecule is O=C(Nc1nc(-c2ccccc2)cs1)c1cccc(NC2=C(Cl)C(=O)N(c3cccc(Cl)c3Cl)C2=O)c1. The van der Waals surface area contributed by atoms with Gasteiger partial charge in [-0.05, 0) is 30.3 Å². The maximum absolute atomic E-state index is 13.1. The average Bonchev–Trinajstić information content (AvgIpc) is 3.45. The number of hydrogen-bond acceptors (Lipinski definition) is 6. The number of benzene rings is 3. The third kappa shape index (κ3) is 4.97. The van der Waals surface area contributed by atoms with E-state index in [1.54, 1.807) is 24.3 Å². The van der Waals surface area contributed by atoms with E-state index in [-0.39, 0.29) is 32.4 Å². The van der Waals surface area contributed by atoms with Crippen molar-refractivity contribution in [3.8, 4) is 11.3 Å². The number of hydrogen-bond donors (Lipinski definition) is 2. The van der Waals surface area contributed by atoms with Crippen LogP contribution in [0, 0.1) is 0 Å². The molecule has 5 rings (SSSR count). The van der Waals surface area contributed by atoms with E-state index in [4.69, 9.17) is 34.8 Å². The van der Waals surface area contributed by atoms with E-state index in [9.17, 15) is 14.4 Å². The molecular formula is C26H15Cl3N4O3S. The highest BCUT2D eigenvalue weighted by atomic mass is 35.5. The first-order valence-corrected chi connectivity index (χ1v) is 12.8. The minimum absolute atomic E-state index is 0.0489. The molecule has 0 saturated carbocycles. The van der Waals surface area contributed by atoms with Gasteiger partial charge in [-0.15, -0.1) is 11.3 Å². The lowest BCUT2D eigenvalue weighted by molar-refractivity contribution is -0.120. The zero-order chi connectivity index (χ0) is 26.1. The Morgan fingerprint density at radius 3 is 2.43 bits per heavy atom. The Labute approximate surface area is 230 Å². The van der Waals surface area contributed by atoms with Crippen molar-refractivity contribution in [2.75, 3.05) is 15.5 Å². The molecular weight excluding hydrogens is 555 g/mol. The molecule has 11 heteroatoms. The molecule has 1 aliphatic rings. The molecule has 1 aromatic heterocycles. The van der Waals surface area contributed by atoms with Crippen molar-refractivity contribution in [3.63, 3.8) is 0 Å². The summed E-state index contributed by atoms with van der Waals surface area (Å²) in [5.41, 5.74) is 2.36. The summed E-state index contributed by atoms with van der Waals surface area (Å²) < 4.78 is 0. The van der Waals surface area contributed by atoms with E-state index >= 15 is 0 Å². The van der Waals surface area contributed by atoms with E-state index in [1.165, 1.54) is 29.5 Å². The van der Waals surface area contributed by atoms with Gasteiger partial charge in [0.2, 0.25) is 0 Å². The van der Waals surface area contributed by atoms with Crippen LogP contribution in [0.25, 0.3) is 11.3 Å². The lowest BCUT2D eigenvalue weighted by atomic mass is 10.2. The summed E-state index contributed by atoms with van der Waals surface area (Å²) in [5, 5.41) is 7.86. The van der Waals surface area contributed by atoms with Crippen molar-refractivity contribution in [3.05, 3.63) is 105 Å². The zero-order valence-electron chi connectivity index (χ0n) is 18.7. The van der Waals surface area contributed by atoms with Crippen LogP contribution in [0.5, 0.6) is 0 Å². The predicted molar refractivity (Wildman–Crippen MR) is 147 cm³/mol. The molecule has 37 heavy (non-hydrogen) atoms. The Morgan fingerprint density at radius 1 is 0.892 bits per heavy atom. The van der Waals surface area contributed by atoms with Crippen LogP contribution in [0.15, 0.2) is 88.9 Å². The van der Waals surface area contributed by atoms with Gasteiger partial charge < -0.3 is 5.32 Å². The van der Waals surface area contributed by atoms with Gasteiger partial charge in [0.15, 0.2) is 5.13 Å². The summed E-state index contributed by atoms with van der Waals surface area (Å²) >= 11 is 19.8. The van der Waals surface area contributed by atoms with Crippen LogP contribution in [-0.4, -0.2) is 22.7 Å². The summed E-state index contributed by atoms with van der Waals surface area (Å²) in [6.45, 7) is 0. The van der Waals surface area contributed by atoms with E-state index in [2.05, 4.69) is 15.6 Å². The fourth-order valence-electron chi connectivity index (χ4n) is 3.62. The highest BCUT2D eigenvalue weighted by Gasteiger charge is 2.40. The number of amides is 3. The molecule has 0 atom stereocenters. The molecule has 184 valence electrons. The largest absolute Gasteiger partial charge is 0.350 e. The summed E-state index contributed by atoms with van der Waals surface area (Å²) in [6.07, 6.45) is 0. The summed E-state index contributed by atoms with van der Waals surface area (Å²) in [7, 11) is 0. The highest BCUT2D eigenvalue weighted by molar-refractivity contribution is 7.14. The summed E-state index contributed by atoms with van der Waals surface area (Å²) in [4.78, 5) is 44.0. The van der Waals surface area contributed by atoms with E-state index in [0.717, 1.165) is 16.2 Å². The van der Waals surface area contributed by atoms with E-state index < -0.39 is 11.8 Å². The molecule has 0 fully saturated rings. The standard InChI is InChI=1S/C26H15Cl3N4O3S/c27-17-10-5-11-19(20(17)28)33-24(35)21(29)22(25(33)36)30-16-9-4-8-15(12-16)23(34)32-26-31-18(13-37-26)14-6-2-1-3-7-14/h1-13,30H,(H,31,32,34). The molecule has 3 aromatic carbocycles. The average molecular weight is 570 g/mol. The molecule has 0 aliphatic carbocycles. The van der Waals surface area contributed by atoms with Crippen LogP contribution in [0.4, 0.5) is 16.5 Å². The molecule has 1 aliphatic heterocycles. The first-order valence-electron chi connectivity index (χ1n) is 10.8. The number of imide groups is 1. The molecule has 7 nitrogen and oxygen atoms in total. The van der Waals surface area contributed by atoms with Crippen molar-refractivity contribution < 1.29 is 14.4 Å². The minimum Gasteiger partial charge on any atom is -0.350 e. The predicted octanol–water partition coefficient (Wildman–Crippen LogP) is 6.80. The number of nitrogens with zero attached hydrogens (tertiary/aromatic N) is 2. The Hall–Kier alpha value is -3.69. The number of nitrogens with one attached hydrogen (secondary N) is 2. The molecule has 2 heterocycles. The maximum atomic E-state index is 13.1. The summed E-state index contributed by atoms with van der Waals surface area (Å²) in [5.74, 6) is -1.84. The molecule has 0 spiro atoms. The van der Waals surface area contributed by atoms with E-state index in [0.29, 0.717) is 16.4 Å². The number of aromatic nitrogens is 1. The monoisotopic (exact) mass is 568 g/mol. The number of thiazole rings is 1. The minimum atomic E-state index is -0.745. The van der Waals surface area contributed by atoms with Gasteiger partial charge in [0, 0.05) is 22.2 Å². The van der Waals surface area contributed by atoms with Gasteiger partial charge in [-0.2, -0.15) is 0 Å². The van der Waals surface area contributed by atoms with E-state index in [1.807, 2.05) is 35.7 Å². The van der Waals surface area contributed by atoms with Crippen molar-refractivity contribution >= 4 is 80.4 Å². The number of carbonyl (C=O) groups is 3. The van der Waals surface area contributed by atoms with Crippen molar-refractivity contribution in [1.82, 2.24) is 4.98 Å². The third-order valence-corrected chi connectivity index (χ3v) is 7.31. The van der Waals surface area contributed by atoms with Crippen molar-refractivity contribution in [1.29, 1.82) is 0 Å². The van der Waals surface area contributed by atoms with Gasteiger partial charge >= 0.3 is 0 Å². The molecule has 0 unspecified atom stereocenters. The maximum Gasteiger partial charge on any atom is 0.283 e. The van der Waals surface area contributed by atoms with Crippen LogP contribution in [-0.2, 0) is 9.59 Å². The second-order valence-corrected chi connectivity index (χ2v) is 9.79. The molecule has 0 radical (unpaired) electrons. The van der Waals surface area contributed by atoms with Crippen LogP contribution >= 0.6 is 46.1 Å². The van der Waals surface area contributed by atoms with Crippen molar-refractivity contribution in [2.45, 2.75) is 0 Å². The molecule has 2 N–H and O–H groups in total. The van der Waals surface area contributed by atoms with Gasteiger partial charge in [0.25, 0.3) is 17.7 Å². The molecule has 0 saturated heterocycles. The number of halogens is 3. The number of anilines is 3. The van der Waals surface area contributed by atoms with Gasteiger partial charge in [-0.1, -0.05) is 77.3 Å². The van der Waals surface area contributed by atoms with Crippen LogP contribution in [0.1, 0.15) is 10.4 Å². The molecule has 0 bridgehead atoms. The Kier molecular flexibility index (Phi) is 6.99. The van der Waals surface area contributed by atoms with Gasteiger partial charge in [0.1, 0.15) is 10.7 Å². The normalized spacial score (nSPS) is 13.3. The molecule has 4 aromatic rings. The first-order chi connectivity index (χ1) is 17.8. The highest BCUT2D eigenvalue weighted by Crippen LogP contribution is 2.37. The fraction of sp³-hybridized carbons (Fsp3) is 0. The first kappa shape index (κ1) is 25.0. The fourth-order valence-corrected chi connectivity index (χ4v) is 4.93. The second-order valence-electron chi connectivity index (χ2n) is 7.77.